The molecule has 0 radical (unpaired) electrons. The fourth-order valence-electron chi connectivity index (χ4n) is 1.73. The van der Waals surface area contributed by atoms with E-state index in [1.165, 1.54) is 11.2 Å². The number of carbonyl (C=O) groups excluding carboxylic acids is 1. The van der Waals surface area contributed by atoms with Crippen LogP contribution in [0.5, 0.6) is 0 Å². The molecule has 0 bridgehead atoms. The molecule has 5 heteroatoms. The normalized spacial score (nSPS) is 12.2. The van der Waals surface area contributed by atoms with Gasteiger partial charge in [0.15, 0.2) is 0 Å². The van der Waals surface area contributed by atoms with Gasteiger partial charge in [0.1, 0.15) is 5.76 Å². The Labute approximate surface area is 106 Å². The first-order valence-corrected chi connectivity index (χ1v) is 6.02. The van der Waals surface area contributed by atoms with Gasteiger partial charge >= 0.3 is 5.97 Å². The highest BCUT2D eigenvalue weighted by molar-refractivity contribution is 5.95. The van der Waals surface area contributed by atoms with Crippen molar-refractivity contribution in [1.29, 1.82) is 0 Å². The van der Waals surface area contributed by atoms with Gasteiger partial charge in [-0.15, -0.1) is 0 Å². The lowest BCUT2D eigenvalue weighted by Crippen LogP contribution is -2.33. The van der Waals surface area contributed by atoms with Crippen molar-refractivity contribution < 1.29 is 19.1 Å². The zero-order chi connectivity index (χ0) is 13.7. The van der Waals surface area contributed by atoms with Crippen molar-refractivity contribution in [2.45, 2.75) is 26.7 Å². The van der Waals surface area contributed by atoms with Crippen LogP contribution in [0, 0.1) is 5.92 Å². The molecule has 0 saturated carbocycles. The van der Waals surface area contributed by atoms with Gasteiger partial charge in [-0.1, -0.05) is 13.8 Å². The molecule has 1 amide bonds. The third-order valence-electron chi connectivity index (χ3n) is 2.77. The Morgan fingerprint density at radius 3 is 2.72 bits per heavy atom. The molecule has 1 N–H and O–H groups in total. The number of rotatable bonds is 6. The summed E-state index contributed by atoms with van der Waals surface area (Å²) in [6.45, 7) is 3.77. The largest absolute Gasteiger partial charge is 0.481 e. The average molecular weight is 253 g/mol. The van der Waals surface area contributed by atoms with Crippen molar-refractivity contribution in [1.82, 2.24) is 4.90 Å². The molecule has 18 heavy (non-hydrogen) atoms. The standard InChI is InChI=1S/C13H19NO4/c1-4-5-11-10(6-7-18-11)12(15)14(3)8-9(2)13(16)17/h6-7,9H,4-5,8H2,1-3H3,(H,16,17). The van der Waals surface area contributed by atoms with Crippen molar-refractivity contribution in [3.63, 3.8) is 0 Å². The number of nitrogens with zero attached hydrogens (tertiary/aromatic N) is 1. The Morgan fingerprint density at radius 1 is 1.50 bits per heavy atom. The van der Waals surface area contributed by atoms with Crippen LogP contribution >= 0.6 is 0 Å². The first kappa shape index (κ1) is 14.3. The lowest BCUT2D eigenvalue weighted by molar-refractivity contribution is -0.141. The molecule has 1 unspecified atom stereocenters. The number of aryl methyl sites for hydroxylation is 1. The summed E-state index contributed by atoms with van der Waals surface area (Å²) in [4.78, 5) is 24.3. The molecule has 0 aromatic carbocycles. The van der Waals surface area contributed by atoms with E-state index in [0.717, 1.165) is 6.42 Å². The van der Waals surface area contributed by atoms with Gasteiger partial charge in [0.05, 0.1) is 17.7 Å². The Balaban J connectivity index is 2.74. The van der Waals surface area contributed by atoms with E-state index in [2.05, 4.69) is 0 Å². The number of carboxylic acids is 1. The molecule has 0 fully saturated rings. The summed E-state index contributed by atoms with van der Waals surface area (Å²) in [5.74, 6) is -1.02. The van der Waals surface area contributed by atoms with Crippen LogP contribution in [0.3, 0.4) is 0 Å². The van der Waals surface area contributed by atoms with Crippen molar-refractivity contribution >= 4 is 11.9 Å². The molecule has 1 atom stereocenters. The number of carboxylic acid groups (broad SMARTS) is 1. The highest BCUT2D eigenvalue weighted by atomic mass is 16.4. The van der Waals surface area contributed by atoms with Crippen molar-refractivity contribution in [2.75, 3.05) is 13.6 Å². The summed E-state index contributed by atoms with van der Waals surface area (Å²) in [7, 11) is 1.60. The fraction of sp³-hybridized carbons (Fsp3) is 0.538. The van der Waals surface area contributed by atoms with Crippen LogP contribution in [0.25, 0.3) is 0 Å². The molecule has 1 heterocycles. The highest BCUT2D eigenvalue weighted by Gasteiger charge is 2.21. The molecule has 0 aliphatic carbocycles. The number of hydrogen-bond acceptors (Lipinski definition) is 3. The smallest absolute Gasteiger partial charge is 0.308 e. The predicted molar refractivity (Wildman–Crippen MR) is 66.5 cm³/mol. The van der Waals surface area contributed by atoms with E-state index >= 15 is 0 Å². The zero-order valence-electron chi connectivity index (χ0n) is 11.0. The minimum absolute atomic E-state index is 0.185. The summed E-state index contributed by atoms with van der Waals surface area (Å²) in [5.41, 5.74) is 0.525. The lowest BCUT2D eigenvalue weighted by atomic mass is 10.1. The van der Waals surface area contributed by atoms with Gasteiger partial charge in [-0.05, 0) is 12.5 Å². The minimum Gasteiger partial charge on any atom is -0.481 e. The Bertz CT molecular complexity index is 424. The third-order valence-corrected chi connectivity index (χ3v) is 2.77. The van der Waals surface area contributed by atoms with E-state index in [-0.39, 0.29) is 12.5 Å². The SMILES string of the molecule is CCCc1occc1C(=O)N(C)CC(C)C(=O)O. The molecule has 0 aliphatic heterocycles. The van der Waals surface area contributed by atoms with Crippen LogP contribution in [0.15, 0.2) is 16.7 Å². The van der Waals surface area contributed by atoms with E-state index in [1.807, 2.05) is 6.92 Å². The van der Waals surface area contributed by atoms with Gasteiger partial charge < -0.3 is 14.4 Å². The van der Waals surface area contributed by atoms with Gasteiger partial charge in [-0.3, -0.25) is 9.59 Å². The molecule has 1 aromatic heterocycles. The molecule has 1 rings (SSSR count). The summed E-state index contributed by atoms with van der Waals surface area (Å²) in [6, 6.07) is 1.63. The molecule has 0 aliphatic rings. The molecule has 0 saturated heterocycles. The summed E-state index contributed by atoms with van der Waals surface area (Å²) in [6.07, 6.45) is 3.09. The second-order valence-corrected chi connectivity index (χ2v) is 4.43. The van der Waals surface area contributed by atoms with Crippen molar-refractivity contribution in [3.05, 3.63) is 23.7 Å². The quantitative estimate of drug-likeness (QED) is 0.842. The number of furan rings is 1. The van der Waals surface area contributed by atoms with E-state index in [0.29, 0.717) is 17.7 Å². The van der Waals surface area contributed by atoms with E-state index < -0.39 is 11.9 Å². The second kappa shape index (κ2) is 6.23. The number of aliphatic carboxylic acids is 1. The van der Waals surface area contributed by atoms with Gasteiger partial charge in [-0.2, -0.15) is 0 Å². The zero-order valence-corrected chi connectivity index (χ0v) is 11.0. The van der Waals surface area contributed by atoms with Gasteiger partial charge in [0.25, 0.3) is 5.91 Å². The maximum absolute atomic E-state index is 12.1. The molecule has 1 aromatic rings. The topological polar surface area (TPSA) is 70.8 Å². The Hall–Kier alpha value is -1.78. The van der Waals surface area contributed by atoms with Crippen LogP contribution in [0.1, 0.15) is 36.4 Å². The number of carbonyl (C=O) groups is 2. The van der Waals surface area contributed by atoms with Crippen molar-refractivity contribution in [3.8, 4) is 0 Å². The third kappa shape index (κ3) is 3.35. The predicted octanol–water partition coefficient (Wildman–Crippen LogP) is 2.02. The molecular formula is C13H19NO4. The minimum atomic E-state index is -0.907. The fourth-order valence-corrected chi connectivity index (χ4v) is 1.73. The number of hydrogen-bond donors (Lipinski definition) is 1. The van der Waals surface area contributed by atoms with Crippen LogP contribution in [-0.4, -0.2) is 35.5 Å². The Kier molecular flexibility index (Phi) is 4.95. The van der Waals surface area contributed by atoms with Gasteiger partial charge in [0.2, 0.25) is 0 Å². The maximum atomic E-state index is 12.1. The molecule has 0 spiro atoms. The highest BCUT2D eigenvalue weighted by Crippen LogP contribution is 2.15. The van der Waals surface area contributed by atoms with E-state index in [1.54, 1.807) is 20.0 Å². The maximum Gasteiger partial charge on any atom is 0.308 e. The van der Waals surface area contributed by atoms with Crippen LogP contribution in [0.2, 0.25) is 0 Å². The lowest BCUT2D eigenvalue weighted by Gasteiger charge is -2.19. The first-order chi connectivity index (χ1) is 8.47. The average Bonchev–Trinajstić information content (AvgIpc) is 2.76. The van der Waals surface area contributed by atoms with Gasteiger partial charge in [0, 0.05) is 20.0 Å². The van der Waals surface area contributed by atoms with E-state index in [4.69, 9.17) is 9.52 Å². The van der Waals surface area contributed by atoms with E-state index in [9.17, 15) is 9.59 Å². The summed E-state index contributed by atoms with van der Waals surface area (Å²) < 4.78 is 5.26. The molecular weight excluding hydrogens is 234 g/mol. The van der Waals surface area contributed by atoms with Crippen molar-refractivity contribution in [2.24, 2.45) is 5.92 Å². The molecule has 5 nitrogen and oxygen atoms in total. The van der Waals surface area contributed by atoms with Gasteiger partial charge in [-0.25, -0.2) is 0 Å². The summed E-state index contributed by atoms with van der Waals surface area (Å²) in [5, 5.41) is 8.83. The first-order valence-electron chi connectivity index (χ1n) is 6.02. The molecule has 100 valence electrons. The number of amides is 1. The second-order valence-electron chi connectivity index (χ2n) is 4.43. The van der Waals surface area contributed by atoms with Crippen LogP contribution in [0.4, 0.5) is 0 Å². The van der Waals surface area contributed by atoms with Crippen LogP contribution < -0.4 is 0 Å². The summed E-state index contributed by atoms with van der Waals surface area (Å²) >= 11 is 0. The Morgan fingerprint density at radius 2 is 2.17 bits per heavy atom. The van der Waals surface area contributed by atoms with Crippen LogP contribution in [-0.2, 0) is 11.2 Å². The monoisotopic (exact) mass is 253 g/mol.